The average Bonchev–Trinajstić information content (AvgIpc) is 2.69. The molecule has 2 aromatic rings. The van der Waals surface area contributed by atoms with Crippen molar-refractivity contribution >= 4 is 17.2 Å². The number of hydrogen-bond acceptors (Lipinski definition) is 3. The first kappa shape index (κ1) is 12.5. The van der Waals surface area contributed by atoms with Gasteiger partial charge in [-0.05, 0) is 19.1 Å². The Labute approximate surface area is 110 Å². The summed E-state index contributed by atoms with van der Waals surface area (Å²) < 4.78 is 3.35. The van der Waals surface area contributed by atoms with Crippen LogP contribution < -0.4 is 11.3 Å². The quantitative estimate of drug-likeness (QED) is 0.821. The minimum atomic E-state index is -0.161. The van der Waals surface area contributed by atoms with Crippen molar-refractivity contribution in [2.24, 2.45) is 12.8 Å². The molecule has 0 fully saturated rings. The molecule has 18 heavy (non-hydrogen) atoms. The summed E-state index contributed by atoms with van der Waals surface area (Å²) in [5.41, 5.74) is 7.57. The third-order valence-corrected chi connectivity index (χ3v) is 2.98. The molecule has 0 saturated carbocycles. The summed E-state index contributed by atoms with van der Waals surface area (Å²) in [5.74, 6) is 0. The van der Waals surface area contributed by atoms with E-state index in [1.54, 1.807) is 21.5 Å². The van der Waals surface area contributed by atoms with Crippen molar-refractivity contribution < 1.29 is 0 Å². The molecule has 5 nitrogen and oxygen atoms in total. The summed E-state index contributed by atoms with van der Waals surface area (Å²) in [6, 6.07) is 3.51. The Morgan fingerprint density at radius 2 is 2.22 bits per heavy atom. The molecule has 2 N–H and O–H groups in total. The molecule has 0 spiro atoms. The Bertz CT molecular complexity index is 656. The first-order valence-corrected chi connectivity index (χ1v) is 5.87. The smallest absolute Gasteiger partial charge is 0.261 e. The Morgan fingerprint density at radius 1 is 1.50 bits per heavy atom. The van der Waals surface area contributed by atoms with Crippen molar-refractivity contribution in [1.29, 1.82) is 0 Å². The summed E-state index contributed by atoms with van der Waals surface area (Å²) in [6.45, 7) is 2.34. The van der Waals surface area contributed by atoms with Crippen molar-refractivity contribution in [2.45, 2.75) is 13.5 Å². The van der Waals surface area contributed by atoms with Crippen molar-refractivity contribution in [3.8, 4) is 0 Å². The number of aryl methyl sites for hydroxylation is 2. The van der Waals surface area contributed by atoms with E-state index in [0.29, 0.717) is 12.1 Å². The Kier molecular flexibility index (Phi) is 3.29. The maximum absolute atomic E-state index is 12.2. The lowest BCUT2D eigenvalue weighted by atomic mass is 10.2. The van der Waals surface area contributed by atoms with Gasteiger partial charge >= 0.3 is 0 Å². The summed E-state index contributed by atoms with van der Waals surface area (Å²) in [6.07, 6.45) is 3.61. The van der Waals surface area contributed by atoms with Crippen LogP contribution in [0.1, 0.15) is 16.8 Å². The Morgan fingerprint density at radius 3 is 2.78 bits per heavy atom. The van der Waals surface area contributed by atoms with Gasteiger partial charge < -0.3 is 10.3 Å². The number of hydrogen-bond donors (Lipinski definition) is 1. The summed E-state index contributed by atoms with van der Waals surface area (Å²) >= 11 is 4.87. The van der Waals surface area contributed by atoms with Crippen LogP contribution in [-0.4, -0.2) is 19.3 Å². The molecule has 0 bridgehead atoms. The van der Waals surface area contributed by atoms with Crippen molar-refractivity contribution in [1.82, 2.24) is 14.3 Å². The highest BCUT2D eigenvalue weighted by Gasteiger charge is 2.09. The van der Waals surface area contributed by atoms with Crippen LogP contribution >= 0.6 is 12.2 Å². The molecule has 2 rings (SSSR count). The Hall–Kier alpha value is -1.95. The average molecular weight is 262 g/mol. The molecule has 0 aliphatic heterocycles. The number of nitrogens with two attached hydrogens (primary N) is 1. The normalized spacial score (nSPS) is 10.6. The minimum absolute atomic E-state index is 0.125. The molecule has 2 aromatic heterocycles. The molecule has 0 atom stereocenters. The number of aromatic nitrogens is 3. The Balaban J connectivity index is 2.47. The highest BCUT2D eigenvalue weighted by atomic mass is 32.1. The molecule has 0 aliphatic carbocycles. The predicted molar refractivity (Wildman–Crippen MR) is 73.6 cm³/mol. The van der Waals surface area contributed by atoms with E-state index in [0.717, 1.165) is 11.3 Å². The van der Waals surface area contributed by atoms with Crippen LogP contribution in [0.5, 0.6) is 0 Å². The van der Waals surface area contributed by atoms with Gasteiger partial charge in [0, 0.05) is 24.5 Å². The van der Waals surface area contributed by atoms with Gasteiger partial charge in [-0.2, -0.15) is 5.10 Å². The van der Waals surface area contributed by atoms with Gasteiger partial charge in [-0.15, -0.1) is 0 Å². The highest BCUT2D eigenvalue weighted by molar-refractivity contribution is 7.80. The van der Waals surface area contributed by atoms with E-state index in [-0.39, 0.29) is 10.5 Å². The molecule has 0 radical (unpaired) electrons. The summed E-state index contributed by atoms with van der Waals surface area (Å²) in [4.78, 5) is 12.3. The predicted octanol–water partition coefficient (Wildman–Crippen LogP) is 0.573. The lowest BCUT2D eigenvalue weighted by Crippen LogP contribution is -2.30. The van der Waals surface area contributed by atoms with Gasteiger partial charge in [0.05, 0.1) is 18.3 Å². The van der Waals surface area contributed by atoms with Gasteiger partial charge in [-0.3, -0.25) is 9.48 Å². The third-order valence-electron chi connectivity index (χ3n) is 2.76. The minimum Gasteiger partial charge on any atom is -0.389 e. The molecule has 0 aromatic carbocycles. The van der Waals surface area contributed by atoms with Crippen LogP contribution in [0.4, 0.5) is 0 Å². The lowest BCUT2D eigenvalue weighted by Gasteiger charge is -2.10. The molecule has 0 unspecified atom stereocenters. The molecule has 0 aliphatic rings. The molecule has 0 saturated heterocycles. The molecule has 2 heterocycles. The third kappa shape index (κ3) is 2.33. The van der Waals surface area contributed by atoms with Gasteiger partial charge in [0.25, 0.3) is 5.56 Å². The van der Waals surface area contributed by atoms with E-state index in [9.17, 15) is 4.79 Å². The zero-order valence-electron chi connectivity index (χ0n) is 10.3. The van der Waals surface area contributed by atoms with Crippen molar-refractivity contribution in [3.05, 3.63) is 51.7 Å². The SMILES string of the molecule is Cc1ccc(C(N)=S)c(=O)n1Cc1cnn(C)c1. The molecular weight excluding hydrogens is 248 g/mol. The van der Waals surface area contributed by atoms with Crippen LogP contribution in [0.15, 0.2) is 29.3 Å². The van der Waals surface area contributed by atoms with Crippen LogP contribution in [0.2, 0.25) is 0 Å². The van der Waals surface area contributed by atoms with E-state index in [1.165, 1.54) is 0 Å². The van der Waals surface area contributed by atoms with Gasteiger partial charge in [-0.1, -0.05) is 12.2 Å². The fourth-order valence-electron chi connectivity index (χ4n) is 1.79. The molecule has 6 heteroatoms. The maximum Gasteiger partial charge on any atom is 0.261 e. The molecule has 0 amide bonds. The van der Waals surface area contributed by atoms with Gasteiger partial charge in [0.15, 0.2) is 0 Å². The standard InChI is InChI=1S/C12H14N4OS/c1-8-3-4-10(11(13)18)12(17)16(8)7-9-5-14-15(2)6-9/h3-6H,7H2,1-2H3,(H2,13,18). The van der Waals surface area contributed by atoms with Crippen LogP contribution in [0.3, 0.4) is 0 Å². The topological polar surface area (TPSA) is 65.8 Å². The second-order valence-electron chi connectivity index (χ2n) is 4.17. The monoisotopic (exact) mass is 262 g/mol. The fourth-order valence-corrected chi connectivity index (χ4v) is 1.95. The van der Waals surface area contributed by atoms with E-state index in [2.05, 4.69) is 5.10 Å². The summed E-state index contributed by atoms with van der Waals surface area (Å²) in [5, 5.41) is 4.08. The zero-order valence-corrected chi connectivity index (χ0v) is 11.1. The first-order chi connectivity index (χ1) is 8.49. The number of nitrogens with zero attached hydrogens (tertiary/aromatic N) is 3. The largest absolute Gasteiger partial charge is 0.389 e. The van der Waals surface area contributed by atoms with Crippen molar-refractivity contribution in [2.75, 3.05) is 0 Å². The van der Waals surface area contributed by atoms with E-state index < -0.39 is 0 Å². The van der Waals surface area contributed by atoms with Gasteiger partial charge in [0.1, 0.15) is 4.99 Å². The van der Waals surface area contributed by atoms with Gasteiger partial charge in [-0.25, -0.2) is 0 Å². The van der Waals surface area contributed by atoms with E-state index in [1.807, 2.05) is 26.2 Å². The molecular formula is C12H14N4OS. The summed E-state index contributed by atoms with van der Waals surface area (Å²) in [7, 11) is 1.84. The maximum atomic E-state index is 12.2. The number of rotatable bonds is 3. The fraction of sp³-hybridized carbons (Fsp3) is 0.250. The van der Waals surface area contributed by atoms with E-state index >= 15 is 0 Å². The molecule has 94 valence electrons. The zero-order chi connectivity index (χ0) is 13.3. The van der Waals surface area contributed by atoms with Gasteiger partial charge in [0.2, 0.25) is 0 Å². The number of pyridine rings is 1. The van der Waals surface area contributed by atoms with E-state index in [4.69, 9.17) is 18.0 Å². The number of thiocarbonyl (C=S) groups is 1. The first-order valence-electron chi connectivity index (χ1n) is 5.47. The second-order valence-corrected chi connectivity index (χ2v) is 4.61. The van der Waals surface area contributed by atoms with Crippen molar-refractivity contribution in [3.63, 3.8) is 0 Å². The van der Waals surface area contributed by atoms with Crippen LogP contribution in [0, 0.1) is 6.92 Å². The highest BCUT2D eigenvalue weighted by Crippen LogP contribution is 2.04. The van der Waals surface area contributed by atoms with Crippen LogP contribution in [-0.2, 0) is 13.6 Å². The van der Waals surface area contributed by atoms with Crippen LogP contribution in [0.25, 0.3) is 0 Å². The lowest BCUT2D eigenvalue weighted by molar-refractivity contribution is 0.725. The second kappa shape index (κ2) is 4.73.